The summed E-state index contributed by atoms with van der Waals surface area (Å²) in [5.41, 5.74) is 1.67. The van der Waals surface area contributed by atoms with Gasteiger partial charge in [-0.1, -0.05) is 15.9 Å². The maximum atomic E-state index is 11.5. The zero-order valence-corrected chi connectivity index (χ0v) is 12.1. The van der Waals surface area contributed by atoms with Crippen molar-refractivity contribution in [1.82, 2.24) is 4.90 Å². The van der Waals surface area contributed by atoms with E-state index in [0.29, 0.717) is 11.7 Å². The van der Waals surface area contributed by atoms with E-state index in [9.17, 15) is 4.79 Å². The average Bonchev–Trinajstić information content (AvgIpc) is 2.31. The molecule has 1 fully saturated rings. The van der Waals surface area contributed by atoms with Crippen molar-refractivity contribution < 1.29 is 14.3 Å². The predicted octanol–water partition coefficient (Wildman–Crippen LogP) is 2.07. The number of benzene rings is 1. The Morgan fingerprint density at radius 3 is 2.72 bits per heavy atom. The van der Waals surface area contributed by atoms with Gasteiger partial charge in [0.2, 0.25) is 0 Å². The van der Waals surface area contributed by atoms with Gasteiger partial charge in [0.1, 0.15) is 0 Å². The van der Waals surface area contributed by atoms with Gasteiger partial charge in [0.15, 0.2) is 0 Å². The first-order valence-corrected chi connectivity index (χ1v) is 6.54. The summed E-state index contributed by atoms with van der Waals surface area (Å²) in [4.78, 5) is 13.8. The molecule has 1 aliphatic heterocycles. The molecule has 18 heavy (non-hydrogen) atoms. The zero-order chi connectivity index (χ0) is 13.1. The Bertz CT molecular complexity index is 444. The molecule has 0 atom stereocenters. The maximum absolute atomic E-state index is 11.5. The molecule has 1 aromatic rings. The van der Waals surface area contributed by atoms with Crippen molar-refractivity contribution in [2.45, 2.75) is 12.6 Å². The lowest BCUT2D eigenvalue weighted by Gasteiger charge is -2.38. The van der Waals surface area contributed by atoms with E-state index in [0.717, 1.165) is 29.7 Å². The molecule has 4 nitrogen and oxygen atoms in total. The van der Waals surface area contributed by atoms with E-state index in [1.54, 1.807) is 13.2 Å². The van der Waals surface area contributed by atoms with E-state index in [2.05, 4.69) is 20.8 Å². The monoisotopic (exact) mass is 313 g/mol. The molecule has 0 aromatic heterocycles. The van der Waals surface area contributed by atoms with Crippen molar-refractivity contribution in [3.63, 3.8) is 0 Å². The lowest BCUT2D eigenvalue weighted by molar-refractivity contribution is -0.0334. The summed E-state index contributed by atoms with van der Waals surface area (Å²) in [5, 5.41) is 0. The number of halogens is 1. The number of esters is 1. The van der Waals surface area contributed by atoms with Crippen LogP contribution in [0.4, 0.5) is 0 Å². The van der Waals surface area contributed by atoms with Crippen LogP contribution in [0, 0.1) is 0 Å². The quantitative estimate of drug-likeness (QED) is 0.798. The summed E-state index contributed by atoms with van der Waals surface area (Å²) in [5.74, 6) is -0.309. The maximum Gasteiger partial charge on any atom is 0.337 e. The van der Waals surface area contributed by atoms with Crippen LogP contribution in [0.15, 0.2) is 22.7 Å². The Morgan fingerprint density at radius 2 is 2.11 bits per heavy atom. The van der Waals surface area contributed by atoms with Gasteiger partial charge in [0.05, 0.1) is 18.8 Å². The fourth-order valence-electron chi connectivity index (χ4n) is 2.04. The summed E-state index contributed by atoms with van der Waals surface area (Å²) < 4.78 is 10.9. The van der Waals surface area contributed by atoms with E-state index in [-0.39, 0.29) is 5.97 Å². The number of carbonyl (C=O) groups excluding carboxylic acids is 1. The highest BCUT2D eigenvalue weighted by atomic mass is 79.9. The Balaban J connectivity index is 2.04. The number of methoxy groups -OCH3 is 2. The van der Waals surface area contributed by atoms with Crippen LogP contribution in [0.2, 0.25) is 0 Å². The van der Waals surface area contributed by atoms with E-state index in [1.807, 2.05) is 12.1 Å². The Morgan fingerprint density at radius 1 is 1.39 bits per heavy atom. The van der Waals surface area contributed by atoms with Gasteiger partial charge in [0, 0.05) is 31.2 Å². The fourth-order valence-corrected chi connectivity index (χ4v) is 2.58. The summed E-state index contributed by atoms with van der Waals surface area (Å²) in [6.07, 6.45) is 0.345. The Hall–Kier alpha value is -0.910. The number of hydrogen-bond acceptors (Lipinski definition) is 4. The second-order valence-electron chi connectivity index (χ2n) is 4.39. The van der Waals surface area contributed by atoms with Gasteiger partial charge in [-0.25, -0.2) is 4.79 Å². The van der Waals surface area contributed by atoms with Crippen molar-refractivity contribution in [2.75, 3.05) is 27.3 Å². The van der Waals surface area contributed by atoms with Crippen LogP contribution in [0.3, 0.4) is 0 Å². The standard InChI is InChI=1S/C13H16BrNO3/c1-17-12-7-15(8-12)6-9-3-10(13(16)18-2)5-11(14)4-9/h3-5,12H,6-8H2,1-2H3. The third-order valence-corrected chi connectivity index (χ3v) is 3.50. The van der Waals surface area contributed by atoms with E-state index >= 15 is 0 Å². The van der Waals surface area contributed by atoms with Crippen LogP contribution in [-0.2, 0) is 16.0 Å². The molecule has 0 N–H and O–H groups in total. The minimum absolute atomic E-state index is 0.309. The molecule has 0 saturated carbocycles. The van der Waals surface area contributed by atoms with Crippen molar-refractivity contribution in [1.29, 1.82) is 0 Å². The van der Waals surface area contributed by atoms with Gasteiger partial charge in [-0.05, 0) is 23.8 Å². The SMILES string of the molecule is COC(=O)c1cc(Br)cc(CN2CC(OC)C2)c1. The molecule has 5 heteroatoms. The minimum Gasteiger partial charge on any atom is -0.465 e. The number of ether oxygens (including phenoxy) is 2. The Labute approximate surface area is 115 Å². The smallest absolute Gasteiger partial charge is 0.337 e. The van der Waals surface area contributed by atoms with Crippen molar-refractivity contribution >= 4 is 21.9 Å². The third kappa shape index (κ3) is 3.10. The molecule has 1 heterocycles. The molecule has 0 aliphatic carbocycles. The average molecular weight is 314 g/mol. The van der Waals surface area contributed by atoms with E-state index < -0.39 is 0 Å². The highest BCUT2D eigenvalue weighted by Crippen LogP contribution is 2.20. The van der Waals surface area contributed by atoms with Crippen LogP contribution >= 0.6 is 15.9 Å². The summed E-state index contributed by atoms with van der Waals surface area (Å²) in [6, 6.07) is 5.66. The topological polar surface area (TPSA) is 38.8 Å². The van der Waals surface area contributed by atoms with Gasteiger partial charge in [-0.3, -0.25) is 4.90 Å². The van der Waals surface area contributed by atoms with Crippen LogP contribution in [0.5, 0.6) is 0 Å². The molecule has 2 rings (SSSR count). The molecular weight excluding hydrogens is 298 g/mol. The lowest BCUT2D eigenvalue weighted by atomic mass is 10.1. The first kappa shape index (κ1) is 13.5. The summed E-state index contributed by atoms with van der Waals surface area (Å²) >= 11 is 3.41. The van der Waals surface area contributed by atoms with Crippen LogP contribution in [0.1, 0.15) is 15.9 Å². The number of likely N-dealkylation sites (tertiary alicyclic amines) is 1. The zero-order valence-electron chi connectivity index (χ0n) is 10.5. The van der Waals surface area contributed by atoms with Gasteiger partial charge >= 0.3 is 5.97 Å². The number of carbonyl (C=O) groups is 1. The highest BCUT2D eigenvalue weighted by molar-refractivity contribution is 9.10. The molecule has 0 spiro atoms. The van der Waals surface area contributed by atoms with Crippen LogP contribution < -0.4 is 0 Å². The third-order valence-electron chi connectivity index (χ3n) is 3.04. The number of hydrogen-bond donors (Lipinski definition) is 0. The van der Waals surface area contributed by atoms with Crippen LogP contribution in [0.25, 0.3) is 0 Å². The van der Waals surface area contributed by atoms with Gasteiger partial charge in [-0.15, -0.1) is 0 Å². The second-order valence-corrected chi connectivity index (χ2v) is 5.31. The molecular formula is C13H16BrNO3. The first-order valence-electron chi connectivity index (χ1n) is 5.75. The molecule has 0 unspecified atom stereocenters. The van der Waals surface area contributed by atoms with Crippen molar-refractivity contribution in [3.8, 4) is 0 Å². The molecule has 1 saturated heterocycles. The van der Waals surface area contributed by atoms with Gasteiger partial charge in [0.25, 0.3) is 0 Å². The molecule has 0 bridgehead atoms. The normalized spacial score (nSPS) is 16.4. The molecule has 1 aromatic carbocycles. The number of nitrogens with zero attached hydrogens (tertiary/aromatic N) is 1. The summed E-state index contributed by atoms with van der Waals surface area (Å²) in [6.45, 7) is 2.70. The molecule has 98 valence electrons. The van der Waals surface area contributed by atoms with E-state index in [1.165, 1.54) is 7.11 Å². The minimum atomic E-state index is -0.309. The number of rotatable bonds is 4. The highest BCUT2D eigenvalue weighted by Gasteiger charge is 2.26. The molecule has 1 aliphatic rings. The lowest BCUT2D eigenvalue weighted by Crippen LogP contribution is -2.50. The molecule has 0 amide bonds. The van der Waals surface area contributed by atoms with Gasteiger partial charge in [-0.2, -0.15) is 0 Å². The van der Waals surface area contributed by atoms with Crippen molar-refractivity contribution in [2.24, 2.45) is 0 Å². The Kier molecular flexibility index (Phi) is 4.37. The summed E-state index contributed by atoms with van der Waals surface area (Å²) in [7, 11) is 3.12. The fraction of sp³-hybridized carbons (Fsp3) is 0.462. The predicted molar refractivity (Wildman–Crippen MR) is 71.6 cm³/mol. The van der Waals surface area contributed by atoms with Crippen LogP contribution in [-0.4, -0.2) is 44.3 Å². The second kappa shape index (κ2) is 5.82. The molecule has 0 radical (unpaired) electrons. The largest absolute Gasteiger partial charge is 0.465 e. The van der Waals surface area contributed by atoms with E-state index in [4.69, 9.17) is 9.47 Å². The first-order chi connectivity index (χ1) is 8.62. The van der Waals surface area contributed by atoms with Crippen molar-refractivity contribution in [3.05, 3.63) is 33.8 Å². The van der Waals surface area contributed by atoms with Gasteiger partial charge < -0.3 is 9.47 Å².